The molecule has 1 amide bonds. The number of nitrogens with one attached hydrogen (secondary N) is 1. The van der Waals surface area contributed by atoms with E-state index < -0.39 is 10.0 Å². The van der Waals surface area contributed by atoms with Gasteiger partial charge in [-0.1, -0.05) is 24.3 Å². The lowest BCUT2D eigenvalue weighted by atomic mass is 9.82. The van der Waals surface area contributed by atoms with Gasteiger partial charge >= 0.3 is 0 Å². The van der Waals surface area contributed by atoms with Crippen LogP contribution in [0.1, 0.15) is 29.9 Å². The fourth-order valence-electron chi connectivity index (χ4n) is 3.40. The molecule has 144 valence electrons. The average Bonchev–Trinajstić information content (AvgIpc) is 2.67. The Bertz CT molecular complexity index is 954. The molecule has 0 saturated heterocycles. The Morgan fingerprint density at radius 2 is 1.93 bits per heavy atom. The van der Waals surface area contributed by atoms with E-state index in [0.717, 1.165) is 29.1 Å². The number of benzene rings is 2. The highest BCUT2D eigenvalue weighted by molar-refractivity contribution is 7.89. The molecule has 1 atom stereocenters. The monoisotopic (exact) mass is 388 g/mol. The Labute approximate surface area is 160 Å². The average molecular weight is 388 g/mol. The number of nitrogens with zero attached hydrogens (tertiary/aromatic N) is 1. The van der Waals surface area contributed by atoms with Crippen molar-refractivity contribution in [3.8, 4) is 5.75 Å². The summed E-state index contributed by atoms with van der Waals surface area (Å²) in [6, 6.07) is 12.4. The number of sulfonamides is 1. The van der Waals surface area contributed by atoms with Gasteiger partial charge in [-0.3, -0.25) is 4.79 Å². The van der Waals surface area contributed by atoms with E-state index in [1.54, 1.807) is 6.07 Å². The summed E-state index contributed by atoms with van der Waals surface area (Å²) >= 11 is 0. The zero-order chi connectivity index (χ0) is 19.6. The quantitative estimate of drug-likeness (QED) is 0.854. The van der Waals surface area contributed by atoms with Crippen LogP contribution in [0.3, 0.4) is 0 Å². The maximum absolute atomic E-state index is 13.0. The van der Waals surface area contributed by atoms with Gasteiger partial charge in [0.25, 0.3) is 0 Å². The van der Waals surface area contributed by atoms with E-state index in [1.165, 1.54) is 38.9 Å². The van der Waals surface area contributed by atoms with Crippen LogP contribution in [-0.2, 0) is 21.2 Å². The molecule has 27 heavy (non-hydrogen) atoms. The number of anilines is 1. The second kappa shape index (κ2) is 7.70. The summed E-state index contributed by atoms with van der Waals surface area (Å²) in [5.41, 5.74) is 2.59. The van der Waals surface area contributed by atoms with E-state index in [0.29, 0.717) is 11.4 Å². The molecule has 2 aromatic rings. The number of fused-ring (bicyclic) bond motifs is 1. The zero-order valence-corrected chi connectivity index (χ0v) is 16.5. The van der Waals surface area contributed by atoms with Gasteiger partial charge in [-0.15, -0.1) is 0 Å². The van der Waals surface area contributed by atoms with Crippen LogP contribution in [-0.4, -0.2) is 39.8 Å². The van der Waals surface area contributed by atoms with Crippen molar-refractivity contribution < 1.29 is 17.9 Å². The van der Waals surface area contributed by atoms with Gasteiger partial charge in [-0.2, -0.15) is 0 Å². The van der Waals surface area contributed by atoms with Gasteiger partial charge in [0.1, 0.15) is 5.75 Å². The van der Waals surface area contributed by atoms with E-state index in [-0.39, 0.29) is 16.7 Å². The Kier molecular flexibility index (Phi) is 5.53. The summed E-state index contributed by atoms with van der Waals surface area (Å²) in [4.78, 5) is 13.1. The van der Waals surface area contributed by atoms with E-state index in [1.807, 2.05) is 18.2 Å². The van der Waals surface area contributed by atoms with Crippen molar-refractivity contribution in [2.45, 2.75) is 30.1 Å². The Morgan fingerprint density at radius 3 is 2.63 bits per heavy atom. The fourth-order valence-corrected chi connectivity index (χ4v) is 4.33. The molecule has 1 aliphatic rings. The molecule has 0 aliphatic heterocycles. The molecule has 0 radical (unpaired) electrons. The van der Waals surface area contributed by atoms with Gasteiger partial charge in [-0.25, -0.2) is 12.7 Å². The molecule has 0 bridgehead atoms. The number of carbonyl (C=O) groups excluding carboxylic acids is 1. The number of methoxy groups -OCH3 is 1. The van der Waals surface area contributed by atoms with Gasteiger partial charge in [0.05, 0.1) is 23.6 Å². The third kappa shape index (κ3) is 3.84. The highest BCUT2D eigenvalue weighted by Gasteiger charge is 2.27. The standard InChI is InChI=1S/C20H24N2O4S/c1-22(2)27(24,25)15-11-12-19(26-3)18(13-15)21-20(23)17-10-6-8-14-7-4-5-9-16(14)17/h4-5,7,9,11-13,17H,6,8,10H2,1-3H3,(H,21,23). The number of carbonyl (C=O) groups is 1. The fraction of sp³-hybridized carbons (Fsp3) is 0.350. The van der Waals surface area contributed by atoms with Gasteiger partial charge in [0.15, 0.2) is 0 Å². The van der Waals surface area contributed by atoms with Crippen molar-refractivity contribution >= 4 is 21.6 Å². The van der Waals surface area contributed by atoms with E-state index in [9.17, 15) is 13.2 Å². The maximum Gasteiger partial charge on any atom is 0.242 e. The largest absolute Gasteiger partial charge is 0.495 e. The first-order valence-electron chi connectivity index (χ1n) is 8.84. The summed E-state index contributed by atoms with van der Waals surface area (Å²) in [6.07, 6.45) is 2.68. The van der Waals surface area contributed by atoms with Crippen molar-refractivity contribution in [1.82, 2.24) is 4.31 Å². The van der Waals surface area contributed by atoms with Crippen LogP contribution < -0.4 is 10.1 Å². The lowest BCUT2D eigenvalue weighted by molar-refractivity contribution is -0.117. The predicted octanol–water partition coefficient (Wildman–Crippen LogP) is 3.00. The minimum atomic E-state index is -3.61. The second-order valence-electron chi connectivity index (χ2n) is 6.78. The van der Waals surface area contributed by atoms with Crippen LogP contribution in [0.25, 0.3) is 0 Å². The summed E-state index contributed by atoms with van der Waals surface area (Å²) < 4.78 is 31.3. The zero-order valence-electron chi connectivity index (χ0n) is 15.7. The van der Waals surface area contributed by atoms with Gasteiger partial charge in [0.2, 0.25) is 15.9 Å². The Balaban J connectivity index is 1.92. The molecule has 0 heterocycles. The molecule has 3 rings (SSSR count). The second-order valence-corrected chi connectivity index (χ2v) is 8.93. The van der Waals surface area contributed by atoms with Crippen LogP contribution in [0.2, 0.25) is 0 Å². The minimum Gasteiger partial charge on any atom is -0.495 e. The molecule has 0 spiro atoms. The molecular weight excluding hydrogens is 364 g/mol. The third-order valence-corrected chi connectivity index (χ3v) is 6.70. The summed E-state index contributed by atoms with van der Waals surface area (Å²) in [6.45, 7) is 0. The summed E-state index contributed by atoms with van der Waals surface area (Å²) in [5, 5.41) is 2.88. The Hall–Kier alpha value is -2.38. The molecule has 1 aliphatic carbocycles. The van der Waals surface area contributed by atoms with Crippen molar-refractivity contribution in [2.24, 2.45) is 0 Å². The number of hydrogen-bond acceptors (Lipinski definition) is 4. The first-order chi connectivity index (χ1) is 12.8. The number of rotatable bonds is 5. The van der Waals surface area contributed by atoms with Crippen LogP contribution >= 0.6 is 0 Å². The number of aryl methyl sites for hydroxylation is 1. The van der Waals surface area contributed by atoms with Crippen LogP contribution in [0.5, 0.6) is 5.75 Å². The molecular formula is C20H24N2O4S. The lowest BCUT2D eigenvalue weighted by Crippen LogP contribution is -2.25. The Morgan fingerprint density at radius 1 is 1.19 bits per heavy atom. The van der Waals surface area contributed by atoms with Gasteiger partial charge in [0, 0.05) is 14.1 Å². The molecule has 0 fully saturated rings. The highest BCUT2D eigenvalue weighted by Crippen LogP contribution is 2.34. The van der Waals surface area contributed by atoms with Crippen molar-refractivity contribution in [3.63, 3.8) is 0 Å². The van der Waals surface area contributed by atoms with E-state index in [4.69, 9.17) is 4.74 Å². The molecule has 1 unspecified atom stereocenters. The predicted molar refractivity (Wildman–Crippen MR) is 105 cm³/mol. The van der Waals surface area contributed by atoms with E-state index >= 15 is 0 Å². The van der Waals surface area contributed by atoms with E-state index in [2.05, 4.69) is 11.4 Å². The van der Waals surface area contributed by atoms with Crippen LogP contribution in [0.15, 0.2) is 47.4 Å². The maximum atomic E-state index is 13.0. The molecule has 0 saturated carbocycles. The van der Waals surface area contributed by atoms with Gasteiger partial charge in [-0.05, 0) is 48.6 Å². The first kappa shape index (κ1) is 19.4. The van der Waals surface area contributed by atoms with Gasteiger partial charge < -0.3 is 10.1 Å². The molecule has 7 heteroatoms. The highest BCUT2D eigenvalue weighted by atomic mass is 32.2. The lowest BCUT2D eigenvalue weighted by Gasteiger charge is -2.25. The van der Waals surface area contributed by atoms with Crippen LogP contribution in [0, 0.1) is 0 Å². The topological polar surface area (TPSA) is 75.7 Å². The number of ether oxygens (including phenoxy) is 1. The van der Waals surface area contributed by atoms with Crippen LogP contribution in [0.4, 0.5) is 5.69 Å². The minimum absolute atomic E-state index is 0.104. The normalized spacial score (nSPS) is 16.7. The molecule has 0 aromatic heterocycles. The van der Waals surface area contributed by atoms with Crippen molar-refractivity contribution in [3.05, 3.63) is 53.6 Å². The number of hydrogen-bond donors (Lipinski definition) is 1. The number of amides is 1. The SMILES string of the molecule is COc1ccc(S(=O)(=O)N(C)C)cc1NC(=O)C1CCCc2ccccc21. The molecule has 6 nitrogen and oxygen atoms in total. The van der Waals surface area contributed by atoms with Crippen molar-refractivity contribution in [1.29, 1.82) is 0 Å². The third-order valence-electron chi connectivity index (χ3n) is 4.89. The molecule has 2 aromatic carbocycles. The molecule has 1 N–H and O–H groups in total. The first-order valence-corrected chi connectivity index (χ1v) is 10.3. The summed E-state index contributed by atoms with van der Waals surface area (Å²) in [5.74, 6) is 0.0127. The summed E-state index contributed by atoms with van der Waals surface area (Å²) in [7, 11) is 0.818. The smallest absolute Gasteiger partial charge is 0.242 e. The van der Waals surface area contributed by atoms with Crippen molar-refractivity contribution in [2.75, 3.05) is 26.5 Å².